The largest absolute Gasteiger partial charge is 0.463 e. The van der Waals surface area contributed by atoms with Gasteiger partial charge in [-0.3, -0.25) is 9.52 Å². The first-order valence-corrected chi connectivity index (χ1v) is 10.7. The van der Waals surface area contributed by atoms with Gasteiger partial charge < -0.3 is 10.5 Å². The smallest absolute Gasteiger partial charge is 0.261 e. The van der Waals surface area contributed by atoms with Gasteiger partial charge in [0.15, 0.2) is 0 Å². The molecule has 0 saturated carbocycles. The van der Waals surface area contributed by atoms with Crippen molar-refractivity contribution in [2.75, 3.05) is 4.72 Å². The van der Waals surface area contributed by atoms with Crippen LogP contribution < -0.4 is 10.5 Å². The highest BCUT2D eigenvalue weighted by molar-refractivity contribution is 7.92. The molecule has 1 aromatic heterocycles. The molecule has 0 radical (unpaired) electrons. The van der Waals surface area contributed by atoms with Crippen LogP contribution in [0, 0.1) is 0 Å². The minimum atomic E-state index is -4.02. The monoisotopic (exact) mass is 456 g/mol. The number of benzene rings is 2. The predicted molar refractivity (Wildman–Crippen MR) is 118 cm³/mol. The molecule has 1 heterocycles. The van der Waals surface area contributed by atoms with E-state index in [1.54, 1.807) is 6.07 Å². The highest BCUT2D eigenvalue weighted by Crippen LogP contribution is 2.26. The molecule has 158 valence electrons. The molecule has 8 nitrogen and oxygen atoms in total. The van der Waals surface area contributed by atoms with Crippen LogP contribution in [-0.4, -0.2) is 24.2 Å². The lowest BCUT2D eigenvalue weighted by molar-refractivity contribution is 0.103. The average Bonchev–Trinajstić information content (AvgIpc) is 2.78. The fraction of sp³-hybridized carbons (Fsp3) is 0. The number of ether oxygens (including phenoxy) is 1. The Balaban J connectivity index is 1.93. The van der Waals surface area contributed by atoms with Gasteiger partial charge in [0.05, 0.1) is 22.4 Å². The summed E-state index contributed by atoms with van der Waals surface area (Å²) >= 11 is 6.02. The molecule has 0 aliphatic heterocycles. The molecular weight excluding hydrogens is 440 g/mol. The first kappa shape index (κ1) is 22.0. The fourth-order valence-electron chi connectivity index (χ4n) is 2.63. The molecule has 3 rings (SSSR count). The van der Waals surface area contributed by atoms with E-state index in [0.29, 0.717) is 11.3 Å². The Morgan fingerprint density at radius 3 is 2.42 bits per heavy atom. The number of ketones is 1. The van der Waals surface area contributed by atoms with Crippen molar-refractivity contribution in [2.24, 2.45) is 5.73 Å². The Kier molecular flexibility index (Phi) is 6.68. The van der Waals surface area contributed by atoms with E-state index in [0.717, 1.165) is 0 Å². The van der Waals surface area contributed by atoms with Crippen LogP contribution in [0.5, 0.6) is 0 Å². The van der Waals surface area contributed by atoms with Gasteiger partial charge in [-0.05, 0) is 48.5 Å². The number of halogens is 1. The summed E-state index contributed by atoms with van der Waals surface area (Å²) in [6, 6.07) is 11.6. The third-order valence-electron chi connectivity index (χ3n) is 4.05. The summed E-state index contributed by atoms with van der Waals surface area (Å²) in [6.07, 6.45) is 5.27. The van der Waals surface area contributed by atoms with Crippen molar-refractivity contribution >= 4 is 38.9 Å². The van der Waals surface area contributed by atoms with Crippen LogP contribution in [0.4, 0.5) is 5.69 Å². The van der Waals surface area contributed by atoms with Crippen molar-refractivity contribution in [3.05, 3.63) is 102 Å². The summed E-state index contributed by atoms with van der Waals surface area (Å²) in [6.45, 7) is 3.46. The van der Waals surface area contributed by atoms with E-state index < -0.39 is 15.8 Å². The second-order valence-electron chi connectivity index (χ2n) is 6.04. The topological polar surface area (TPSA) is 124 Å². The first-order chi connectivity index (χ1) is 14.9. The minimum Gasteiger partial charge on any atom is -0.463 e. The zero-order valence-electron chi connectivity index (χ0n) is 16.0. The van der Waals surface area contributed by atoms with Crippen LogP contribution in [0.1, 0.15) is 21.7 Å². The first-order valence-electron chi connectivity index (χ1n) is 8.79. The van der Waals surface area contributed by atoms with Crippen LogP contribution in [0.3, 0.4) is 0 Å². The molecule has 0 spiro atoms. The van der Waals surface area contributed by atoms with E-state index >= 15 is 0 Å². The number of anilines is 1. The lowest BCUT2D eigenvalue weighted by atomic mass is 10.1. The van der Waals surface area contributed by atoms with E-state index in [4.69, 9.17) is 22.1 Å². The standard InChI is InChI=1S/C21H17ClN4O4S/c1-2-30-19(13-23)14-4-7-16(8-5-14)31(28,29)26-18-9-6-15(22)12-17(18)20(27)21-24-10-3-11-25-21/h2-13,26H,1,23H2/b19-13-. The van der Waals surface area contributed by atoms with Crippen molar-refractivity contribution in [1.29, 1.82) is 0 Å². The summed E-state index contributed by atoms with van der Waals surface area (Å²) in [5.41, 5.74) is 6.13. The third kappa shape index (κ3) is 5.08. The van der Waals surface area contributed by atoms with E-state index in [9.17, 15) is 13.2 Å². The van der Waals surface area contributed by atoms with E-state index in [2.05, 4.69) is 21.3 Å². The van der Waals surface area contributed by atoms with Gasteiger partial charge in [0.1, 0.15) is 5.76 Å². The second kappa shape index (κ2) is 9.41. The van der Waals surface area contributed by atoms with Gasteiger partial charge in [0.2, 0.25) is 11.6 Å². The zero-order chi connectivity index (χ0) is 22.4. The molecule has 0 saturated heterocycles. The van der Waals surface area contributed by atoms with Gasteiger partial charge in [-0.1, -0.05) is 18.2 Å². The summed E-state index contributed by atoms with van der Waals surface area (Å²) in [5, 5.41) is 0.259. The Morgan fingerprint density at radius 1 is 1.13 bits per heavy atom. The SMILES string of the molecule is C=CO/C(=C\N)c1ccc(S(=O)(=O)Nc2ccc(Cl)cc2C(=O)c2ncccn2)cc1. The maximum atomic E-state index is 12.9. The van der Waals surface area contributed by atoms with Crippen molar-refractivity contribution in [3.8, 4) is 0 Å². The number of sulfonamides is 1. The van der Waals surface area contributed by atoms with E-state index in [1.165, 1.54) is 67.3 Å². The van der Waals surface area contributed by atoms with Gasteiger partial charge in [-0.2, -0.15) is 0 Å². The van der Waals surface area contributed by atoms with Gasteiger partial charge in [0, 0.05) is 29.2 Å². The Labute approximate surface area is 184 Å². The predicted octanol–water partition coefficient (Wildman–Crippen LogP) is 3.58. The number of rotatable bonds is 8. The normalized spacial score (nSPS) is 11.6. The number of hydrogen-bond donors (Lipinski definition) is 2. The molecule has 0 bridgehead atoms. The number of nitrogens with one attached hydrogen (secondary N) is 1. The van der Waals surface area contributed by atoms with Crippen LogP contribution in [0.25, 0.3) is 5.76 Å². The molecule has 0 unspecified atom stereocenters. The fourth-order valence-corrected chi connectivity index (χ4v) is 3.88. The lowest BCUT2D eigenvalue weighted by Crippen LogP contribution is -2.17. The number of carbonyl (C=O) groups is 1. The summed E-state index contributed by atoms with van der Waals surface area (Å²) in [4.78, 5) is 20.6. The molecule has 0 amide bonds. The van der Waals surface area contributed by atoms with Crippen LogP contribution in [0.15, 0.2) is 84.9 Å². The molecular formula is C21H17ClN4O4S. The van der Waals surface area contributed by atoms with E-state index in [1.807, 2.05) is 0 Å². The molecule has 0 aliphatic carbocycles. The van der Waals surface area contributed by atoms with Crippen LogP contribution in [0.2, 0.25) is 5.02 Å². The summed E-state index contributed by atoms with van der Waals surface area (Å²) < 4.78 is 33.4. The van der Waals surface area contributed by atoms with E-state index in [-0.39, 0.29) is 27.0 Å². The molecule has 3 aromatic rings. The highest BCUT2D eigenvalue weighted by Gasteiger charge is 2.21. The van der Waals surface area contributed by atoms with Gasteiger partial charge in [-0.25, -0.2) is 18.4 Å². The van der Waals surface area contributed by atoms with Crippen molar-refractivity contribution in [1.82, 2.24) is 9.97 Å². The number of nitrogens with two attached hydrogens (primary N) is 1. The molecule has 0 fully saturated rings. The molecule has 3 N–H and O–H groups in total. The highest BCUT2D eigenvalue weighted by atomic mass is 35.5. The zero-order valence-corrected chi connectivity index (χ0v) is 17.6. The Bertz CT molecular complexity index is 1240. The number of nitrogens with zero attached hydrogens (tertiary/aromatic N) is 2. The molecule has 31 heavy (non-hydrogen) atoms. The maximum Gasteiger partial charge on any atom is 0.261 e. The number of aromatic nitrogens is 2. The second-order valence-corrected chi connectivity index (χ2v) is 8.16. The summed E-state index contributed by atoms with van der Waals surface area (Å²) in [5.74, 6) is -0.339. The average molecular weight is 457 g/mol. The van der Waals surface area contributed by atoms with Crippen molar-refractivity contribution in [2.45, 2.75) is 4.90 Å². The molecule has 0 atom stereocenters. The van der Waals surface area contributed by atoms with Gasteiger partial charge >= 0.3 is 0 Å². The maximum absolute atomic E-state index is 12.9. The lowest BCUT2D eigenvalue weighted by Gasteiger charge is -2.13. The third-order valence-corrected chi connectivity index (χ3v) is 5.67. The number of carbonyl (C=O) groups excluding carboxylic acids is 1. The molecule has 2 aromatic carbocycles. The minimum absolute atomic E-state index is 0.0200. The number of hydrogen-bond acceptors (Lipinski definition) is 7. The van der Waals surface area contributed by atoms with Crippen LogP contribution >= 0.6 is 11.6 Å². The van der Waals surface area contributed by atoms with Gasteiger partial charge in [-0.15, -0.1) is 0 Å². The Hall–Kier alpha value is -3.69. The molecule has 0 aliphatic rings. The quantitative estimate of drug-likeness (QED) is 0.392. The van der Waals surface area contributed by atoms with Crippen LogP contribution in [-0.2, 0) is 14.8 Å². The van der Waals surface area contributed by atoms with Crippen molar-refractivity contribution < 1.29 is 17.9 Å². The summed E-state index contributed by atoms with van der Waals surface area (Å²) in [7, 11) is -4.02. The molecule has 10 heteroatoms. The van der Waals surface area contributed by atoms with Crippen molar-refractivity contribution in [3.63, 3.8) is 0 Å². The van der Waals surface area contributed by atoms with Gasteiger partial charge in [0.25, 0.3) is 10.0 Å². The Morgan fingerprint density at radius 2 is 1.81 bits per heavy atom.